The van der Waals surface area contributed by atoms with E-state index in [1.54, 1.807) is 24.3 Å². The van der Waals surface area contributed by atoms with E-state index >= 15 is 0 Å². The molecule has 1 aliphatic carbocycles. The fourth-order valence-electron chi connectivity index (χ4n) is 2.26. The topological polar surface area (TPSA) is 58.2 Å². The first-order valence-corrected chi connectivity index (χ1v) is 8.66. The summed E-state index contributed by atoms with van der Waals surface area (Å²) < 4.78 is 24.6. The van der Waals surface area contributed by atoms with Gasteiger partial charge in [-0.25, -0.2) is 0 Å². The van der Waals surface area contributed by atoms with Crippen LogP contribution < -0.4 is 10.6 Å². The van der Waals surface area contributed by atoms with Crippen molar-refractivity contribution in [2.45, 2.75) is 23.5 Å². The average Bonchev–Trinajstić information content (AvgIpc) is 3.40. The highest BCUT2D eigenvalue weighted by atomic mass is 32.2. The number of rotatable bonds is 6. The molecule has 0 atom stereocenters. The standard InChI is InChI=1S/C18H16F2N2O2S/c19-18(20)25-15-8-6-12(7-9-15)17(24)22-14-3-1-2-13(10-14)21-16(23)11-4-5-11/h1-3,6-11,18H,4-5H2,(H,21,23)(H,22,24). The number of hydrogen-bond acceptors (Lipinski definition) is 3. The second kappa shape index (κ2) is 7.65. The number of halogens is 2. The molecule has 0 radical (unpaired) electrons. The third-order valence-corrected chi connectivity index (χ3v) is 4.40. The molecule has 4 nitrogen and oxygen atoms in total. The van der Waals surface area contributed by atoms with Gasteiger partial charge in [0.05, 0.1) is 0 Å². The van der Waals surface area contributed by atoms with Gasteiger partial charge in [0.2, 0.25) is 5.91 Å². The molecule has 7 heteroatoms. The number of alkyl halides is 2. The van der Waals surface area contributed by atoms with Crippen LogP contribution in [0.2, 0.25) is 0 Å². The number of amides is 2. The fraction of sp³-hybridized carbons (Fsp3) is 0.222. The first kappa shape index (κ1) is 17.4. The van der Waals surface area contributed by atoms with Crippen molar-refractivity contribution in [1.29, 1.82) is 0 Å². The van der Waals surface area contributed by atoms with Gasteiger partial charge in [-0.2, -0.15) is 8.78 Å². The molecule has 2 aromatic carbocycles. The third kappa shape index (κ3) is 5.03. The van der Waals surface area contributed by atoms with Crippen LogP contribution in [-0.4, -0.2) is 17.6 Å². The van der Waals surface area contributed by atoms with E-state index in [0.29, 0.717) is 33.6 Å². The van der Waals surface area contributed by atoms with E-state index in [-0.39, 0.29) is 17.7 Å². The Bertz CT molecular complexity index is 777. The molecule has 2 aromatic rings. The van der Waals surface area contributed by atoms with Gasteiger partial charge < -0.3 is 10.6 Å². The van der Waals surface area contributed by atoms with E-state index in [1.807, 2.05) is 0 Å². The first-order valence-electron chi connectivity index (χ1n) is 7.78. The van der Waals surface area contributed by atoms with Gasteiger partial charge in [0.15, 0.2) is 0 Å². The minimum absolute atomic E-state index is 0.00408. The number of hydrogen-bond donors (Lipinski definition) is 2. The molecule has 0 aliphatic heterocycles. The zero-order chi connectivity index (χ0) is 17.8. The minimum Gasteiger partial charge on any atom is -0.326 e. The monoisotopic (exact) mass is 362 g/mol. The molecular weight excluding hydrogens is 346 g/mol. The summed E-state index contributed by atoms with van der Waals surface area (Å²) in [6, 6.07) is 12.9. The molecule has 25 heavy (non-hydrogen) atoms. The number of anilines is 2. The molecule has 0 saturated heterocycles. The van der Waals surface area contributed by atoms with Gasteiger partial charge in [-0.15, -0.1) is 0 Å². The van der Waals surface area contributed by atoms with Crippen molar-refractivity contribution < 1.29 is 18.4 Å². The molecule has 1 aliphatic rings. The van der Waals surface area contributed by atoms with Crippen LogP contribution in [0, 0.1) is 5.92 Å². The van der Waals surface area contributed by atoms with Gasteiger partial charge in [-0.3, -0.25) is 9.59 Å². The second-order valence-electron chi connectivity index (χ2n) is 5.70. The number of nitrogens with one attached hydrogen (secondary N) is 2. The Kier molecular flexibility index (Phi) is 5.33. The molecule has 0 aromatic heterocycles. The van der Waals surface area contributed by atoms with Gasteiger partial charge in [0, 0.05) is 27.8 Å². The molecule has 0 bridgehead atoms. The summed E-state index contributed by atoms with van der Waals surface area (Å²) in [5, 5.41) is 5.55. The summed E-state index contributed by atoms with van der Waals surface area (Å²) in [6.45, 7) is 0. The Labute approximate surface area is 148 Å². The van der Waals surface area contributed by atoms with E-state index in [2.05, 4.69) is 10.6 Å². The lowest BCUT2D eigenvalue weighted by molar-refractivity contribution is -0.117. The van der Waals surface area contributed by atoms with Gasteiger partial charge in [0.25, 0.3) is 11.7 Å². The van der Waals surface area contributed by atoms with E-state index < -0.39 is 5.76 Å². The van der Waals surface area contributed by atoms with Crippen LogP contribution in [0.1, 0.15) is 23.2 Å². The predicted molar refractivity (Wildman–Crippen MR) is 94.1 cm³/mol. The van der Waals surface area contributed by atoms with Crippen molar-refractivity contribution >= 4 is 35.0 Å². The Balaban J connectivity index is 1.63. The fourth-order valence-corrected chi connectivity index (χ4v) is 2.75. The summed E-state index contributed by atoms with van der Waals surface area (Å²) in [4.78, 5) is 24.4. The van der Waals surface area contributed by atoms with Gasteiger partial charge in [-0.1, -0.05) is 17.8 Å². The van der Waals surface area contributed by atoms with E-state index in [0.717, 1.165) is 12.8 Å². The zero-order valence-corrected chi connectivity index (χ0v) is 14.0. The van der Waals surface area contributed by atoms with E-state index in [1.165, 1.54) is 24.3 Å². The van der Waals surface area contributed by atoms with Crippen LogP contribution in [0.4, 0.5) is 20.2 Å². The minimum atomic E-state index is -2.49. The highest BCUT2D eigenvalue weighted by Gasteiger charge is 2.29. The molecule has 3 rings (SSSR count). The van der Waals surface area contributed by atoms with Crippen molar-refractivity contribution in [3.8, 4) is 0 Å². The summed E-state index contributed by atoms with van der Waals surface area (Å²) in [6.07, 6.45) is 1.84. The van der Waals surface area contributed by atoms with Crippen LogP contribution in [0.15, 0.2) is 53.4 Å². The number of thioether (sulfide) groups is 1. The second-order valence-corrected chi connectivity index (χ2v) is 6.76. The average molecular weight is 362 g/mol. The van der Waals surface area contributed by atoms with Crippen LogP contribution in [-0.2, 0) is 4.79 Å². The van der Waals surface area contributed by atoms with Crippen LogP contribution >= 0.6 is 11.8 Å². The Morgan fingerprint density at radius 2 is 1.64 bits per heavy atom. The number of carbonyl (C=O) groups excluding carboxylic acids is 2. The molecule has 0 unspecified atom stereocenters. The van der Waals surface area contributed by atoms with E-state index in [4.69, 9.17) is 0 Å². The van der Waals surface area contributed by atoms with Crippen molar-refractivity contribution in [2.75, 3.05) is 10.6 Å². The number of benzene rings is 2. The van der Waals surface area contributed by atoms with Crippen molar-refractivity contribution in [2.24, 2.45) is 5.92 Å². The lowest BCUT2D eigenvalue weighted by Gasteiger charge is -2.09. The van der Waals surface area contributed by atoms with Crippen molar-refractivity contribution in [3.05, 3.63) is 54.1 Å². The zero-order valence-electron chi connectivity index (χ0n) is 13.2. The smallest absolute Gasteiger partial charge is 0.288 e. The van der Waals surface area contributed by atoms with Crippen molar-refractivity contribution in [3.63, 3.8) is 0 Å². The van der Waals surface area contributed by atoms with Crippen LogP contribution in [0.3, 0.4) is 0 Å². The maximum Gasteiger partial charge on any atom is 0.288 e. The normalized spacial score (nSPS) is 13.6. The Hall–Kier alpha value is -2.41. The molecule has 130 valence electrons. The molecular formula is C18H16F2N2O2S. The van der Waals surface area contributed by atoms with E-state index in [9.17, 15) is 18.4 Å². The van der Waals surface area contributed by atoms with Gasteiger partial charge in [0.1, 0.15) is 0 Å². The first-order chi connectivity index (χ1) is 12.0. The van der Waals surface area contributed by atoms with Crippen LogP contribution in [0.5, 0.6) is 0 Å². The summed E-state index contributed by atoms with van der Waals surface area (Å²) in [7, 11) is 0. The highest BCUT2D eigenvalue weighted by Crippen LogP contribution is 2.30. The third-order valence-electron chi connectivity index (χ3n) is 3.68. The largest absolute Gasteiger partial charge is 0.326 e. The molecule has 0 heterocycles. The van der Waals surface area contributed by atoms with Crippen molar-refractivity contribution in [1.82, 2.24) is 0 Å². The molecule has 1 fully saturated rings. The highest BCUT2D eigenvalue weighted by molar-refractivity contribution is 7.99. The summed E-state index contributed by atoms with van der Waals surface area (Å²) >= 11 is 0.433. The Morgan fingerprint density at radius 1 is 1.00 bits per heavy atom. The van der Waals surface area contributed by atoms with Crippen LogP contribution in [0.25, 0.3) is 0 Å². The SMILES string of the molecule is O=C(Nc1cccc(NC(=O)C2CC2)c1)c1ccc(SC(F)F)cc1. The maximum absolute atomic E-state index is 12.3. The molecule has 2 N–H and O–H groups in total. The molecule has 2 amide bonds. The predicted octanol–water partition coefficient (Wildman–Crippen LogP) is 4.60. The lowest BCUT2D eigenvalue weighted by atomic mass is 10.2. The molecule has 0 spiro atoms. The van der Waals surface area contributed by atoms with Gasteiger partial charge >= 0.3 is 0 Å². The quantitative estimate of drug-likeness (QED) is 0.738. The van der Waals surface area contributed by atoms with Gasteiger partial charge in [-0.05, 0) is 55.3 Å². The number of carbonyl (C=O) groups is 2. The molecule has 1 saturated carbocycles. The lowest BCUT2D eigenvalue weighted by Crippen LogP contribution is -2.14. The summed E-state index contributed by atoms with van der Waals surface area (Å²) in [5.41, 5.74) is 1.54. The maximum atomic E-state index is 12.3. The Morgan fingerprint density at radius 3 is 2.24 bits per heavy atom. The summed E-state index contributed by atoms with van der Waals surface area (Å²) in [5.74, 6) is -2.74.